The van der Waals surface area contributed by atoms with Crippen LogP contribution in [0.5, 0.6) is 0 Å². The van der Waals surface area contributed by atoms with E-state index in [-0.39, 0.29) is 18.1 Å². The van der Waals surface area contributed by atoms with Crippen LogP contribution in [0.4, 0.5) is 14.9 Å². The van der Waals surface area contributed by atoms with Crippen LogP contribution in [0.1, 0.15) is 13.8 Å². The lowest BCUT2D eigenvalue weighted by molar-refractivity contribution is -0.166. The Balaban J connectivity index is 0.00000306. The van der Waals surface area contributed by atoms with Crippen molar-refractivity contribution >= 4 is 30.2 Å². The van der Waals surface area contributed by atoms with E-state index in [1.165, 1.54) is 34.9 Å². The molecule has 1 unspecified atom stereocenters. The van der Waals surface area contributed by atoms with Crippen LogP contribution < -0.4 is 10.6 Å². The van der Waals surface area contributed by atoms with Gasteiger partial charge in [-0.3, -0.25) is 14.7 Å². The summed E-state index contributed by atoms with van der Waals surface area (Å²) in [6, 6.07) is 6.13. The molecule has 0 spiro atoms. The number of ether oxygens (including phenoxy) is 2. The van der Waals surface area contributed by atoms with Crippen molar-refractivity contribution < 1.29 is 23.5 Å². The van der Waals surface area contributed by atoms with Crippen LogP contribution >= 0.6 is 12.4 Å². The molecule has 0 saturated carbocycles. The first-order chi connectivity index (χ1) is 15.2. The molecule has 33 heavy (non-hydrogen) atoms. The Kier molecular flexibility index (Phi) is 6.89. The molecule has 0 radical (unpaired) electrons. The quantitative estimate of drug-likeness (QED) is 0.547. The number of nitrogens with two attached hydrogens (primary N) is 1. The Morgan fingerprint density at radius 2 is 2.06 bits per heavy atom. The second-order valence-electron chi connectivity index (χ2n) is 7.29. The second-order valence-corrected chi connectivity index (χ2v) is 7.29. The first kappa shape index (κ1) is 24.0. The van der Waals surface area contributed by atoms with Gasteiger partial charge in [0.25, 0.3) is 6.29 Å². The predicted octanol–water partition coefficient (Wildman–Crippen LogP) is 2.06. The Bertz CT molecular complexity index is 1170. The zero-order chi connectivity index (χ0) is 23.0. The smallest absolute Gasteiger partial charge is 0.417 e. The van der Waals surface area contributed by atoms with Crippen molar-refractivity contribution in [3.8, 4) is 22.6 Å². The number of halogens is 2. The van der Waals surface area contributed by atoms with Crippen molar-refractivity contribution in [3.05, 3.63) is 42.3 Å². The van der Waals surface area contributed by atoms with Crippen LogP contribution in [0.3, 0.4) is 0 Å². The van der Waals surface area contributed by atoms with Gasteiger partial charge in [-0.2, -0.15) is 4.80 Å². The lowest BCUT2D eigenvalue weighted by atomic mass is 10.1. The lowest BCUT2D eigenvalue weighted by Gasteiger charge is -2.21. The molecule has 0 bridgehead atoms. The largest absolute Gasteiger partial charge is 0.422 e. The number of tetrazole rings is 1. The van der Waals surface area contributed by atoms with Crippen molar-refractivity contribution in [3.63, 3.8) is 0 Å². The number of benzene rings is 1. The monoisotopic (exact) mass is 477 g/mol. The van der Waals surface area contributed by atoms with Gasteiger partial charge in [-0.05, 0) is 43.3 Å². The third-order valence-corrected chi connectivity index (χ3v) is 4.86. The molecule has 3 atom stereocenters. The maximum absolute atomic E-state index is 14.9. The first-order valence-electron chi connectivity index (χ1n) is 9.71. The molecule has 1 amide bonds. The van der Waals surface area contributed by atoms with E-state index in [0.717, 1.165) is 0 Å². The molecule has 4 rings (SSSR count). The fraction of sp³-hybridized carbons (Fsp3) is 0.300. The predicted molar refractivity (Wildman–Crippen MR) is 117 cm³/mol. The van der Waals surface area contributed by atoms with Crippen LogP contribution in [-0.2, 0) is 21.3 Å². The highest BCUT2D eigenvalue weighted by atomic mass is 35.5. The first-order valence-corrected chi connectivity index (χ1v) is 9.71. The molecule has 3 heterocycles. The Morgan fingerprint density at radius 1 is 1.30 bits per heavy atom. The van der Waals surface area contributed by atoms with E-state index in [1.807, 2.05) is 0 Å². The molecule has 0 aliphatic carbocycles. The van der Waals surface area contributed by atoms with Gasteiger partial charge in [0.2, 0.25) is 5.82 Å². The average molecular weight is 478 g/mol. The maximum atomic E-state index is 14.9. The number of hydrogen-bond donors (Lipinski definition) is 1. The summed E-state index contributed by atoms with van der Waals surface area (Å²) in [5.74, 6) is -0.910. The highest BCUT2D eigenvalue weighted by Crippen LogP contribution is 2.32. The molecule has 1 aliphatic heterocycles. The molecule has 1 saturated heterocycles. The van der Waals surface area contributed by atoms with Crippen molar-refractivity contribution in [1.29, 1.82) is 0 Å². The summed E-state index contributed by atoms with van der Waals surface area (Å²) in [6.07, 6.45) is -0.398. The number of carbonyl (C=O) groups excluding carboxylic acids is 2. The minimum Gasteiger partial charge on any atom is -0.422 e. The number of aryl methyl sites for hydroxylation is 1. The number of amides is 1. The summed E-state index contributed by atoms with van der Waals surface area (Å²) < 4.78 is 25.2. The molecular formula is C20H21ClFN7O4. The summed E-state index contributed by atoms with van der Waals surface area (Å²) in [6.45, 7) is 3.08. The van der Waals surface area contributed by atoms with Gasteiger partial charge in [0.05, 0.1) is 12.7 Å². The summed E-state index contributed by atoms with van der Waals surface area (Å²) >= 11 is 0. The number of anilines is 1. The molecule has 174 valence electrons. The van der Waals surface area contributed by atoms with Crippen LogP contribution in [-0.4, -0.2) is 55.6 Å². The Morgan fingerprint density at radius 3 is 2.64 bits per heavy atom. The number of aromatic nitrogens is 5. The molecule has 2 aromatic heterocycles. The minimum atomic E-state index is -1.14. The van der Waals surface area contributed by atoms with E-state index in [4.69, 9.17) is 15.2 Å². The van der Waals surface area contributed by atoms with Gasteiger partial charge < -0.3 is 15.2 Å². The highest BCUT2D eigenvalue weighted by Gasteiger charge is 2.42. The van der Waals surface area contributed by atoms with Gasteiger partial charge in [0.15, 0.2) is 0 Å². The molecule has 1 fully saturated rings. The van der Waals surface area contributed by atoms with Gasteiger partial charge in [0, 0.05) is 17.3 Å². The fourth-order valence-corrected chi connectivity index (χ4v) is 3.19. The maximum Gasteiger partial charge on any atom is 0.417 e. The van der Waals surface area contributed by atoms with Crippen LogP contribution in [0.2, 0.25) is 0 Å². The van der Waals surface area contributed by atoms with Crippen LogP contribution in [0.25, 0.3) is 22.6 Å². The van der Waals surface area contributed by atoms with Gasteiger partial charge in [0.1, 0.15) is 23.6 Å². The molecule has 1 aliphatic rings. The average Bonchev–Trinajstić information content (AvgIpc) is 3.31. The number of carbonyl (C=O) groups is 2. The van der Waals surface area contributed by atoms with E-state index in [0.29, 0.717) is 22.6 Å². The molecular weight excluding hydrogens is 457 g/mol. The number of cyclic esters (lactones) is 1. The number of nitrogens with zero attached hydrogens (tertiary/aromatic N) is 6. The Labute approximate surface area is 194 Å². The third kappa shape index (κ3) is 4.76. The second kappa shape index (κ2) is 9.46. The molecule has 1 aromatic carbocycles. The van der Waals surface area contributed by atoms with Crippen molar-refractivity contribution in [2.45, 2.75) is 32.2 Å². The number of hydrogen-bond acceptors (Lipinski definition) is 9. The summed E-state index contributed by atoms with van der Waals surface area (Å²) in [4.78, 5) is 30.8. The summed E-state index contributed by atoms with van der Waals surface area (Å²) in [5.41, 5.74) is 7.06. The number of rotatable bonds is 5. The molecule has 2 N–H and O–H groups in total. The van der Waals surface area contributed by atoms with Crippen molar-refractivity contribution in [2.24, 2.45) is 12.8 Å². The molecule has 3 aromatic rings. The summed E-state index contributed by atoms with van der Waals surface area (Å²) in [5, 5.41) is 11.7. The van der Waals surface area contributed by atoms with Crippen molar-refractivity contribution in [2.75, 3.05) is 4.90 Å². The van der Waals surface area contributed by atoms with Gasteiger partial charge in [-0.15, -0.1) is 22.6 Å². The number of pyridine rings is 1. The Hall–Kier alpha value is -3.64. The normalized spacial score (nSPS) is 18.5. The minimum absolute atomic E-state index is 0. The lowest BCUT2D eigenvalue weighted by Crippen LogP contribution is -2.39. The van der Waals surface area contributed by atoms with E-state index in [1.54, 1.807) is 32.2 Å². The van der Waals surface area contributed by atoms with Gasteiger partial charge >= 0.3 is 12.1 Å². The third-order valence-electron chi connectivity index (χ3n) is 4.86. The zero-order valence-electron chi connectivity index (χ0n) is 17.9. The van der Waals surface area contributed by atoms with Crippen molar-refractivity contribution in [1.82, 2.24) is 25.2 Å². The highest BCUT2D eigenvalue weighted by molar-refractivity contribution is 5.91. The van der Waals surface area contributed by atoms with Crippen LogP contribution in [0.15, 0.2) is 36.5 Å². The van der Waals surface area contributed by atoms with Crippen LogP contribution in [0, 0.1) is 5.82 Å². The van der Waals surface area contributed by atoms with E-state index in [2.05, 4.69) is 20.4 Å². The van der Waals surface area contributed by atoms with Gasteiger partial charge in [-0.25, -0.2) is 9.18 Å². The number of esters is 1. The van der Waals surface area contributed by atoms with Gasteiger partial charge in [-0.1, -0.05) is 6.07 Å². The molecule has 13 heteroatoms. The zero-order valence-corrected chi connectivity index (χ0v) is 18.7. The molecule has 11 nitrogen and oxygen atoms in total. The van der Waals surface area contributed by atoms with E-state index in [9.17, 15) is 14.0 Å². The summed E-state index contributed by atoms with van der Waals surface area (Å²) in [7, 11) is 1.64. The SMILES string of the molecule is C[C@H](N)C(=O)OC1OC(=O)N(c2ccc(-c3ccc(-c4nnn(C)n4)nc3)c(F)c2)[C@@H]1C.Cl. The standard InChI is InChI=1S/C20H20FN7O4.ClH/c1-10(22)18(29)31-19-11(2)28(20(30)32-19)13-5-6-14(15(21)8-13)12-4-7-16(23-9-12)17-24-26-27(3)25-17;/h4-11,19H,22H2,1-3H3;1H/t10-,11+,19?;/m0./s1. The van der Waals surface area contributed by atoms with E-state index < -0.39 is 36.3 Å². The fourth-order valence-electron chi connectivity index (χ4n) is 3.19. The topological polar surface area (TPSA) is 138 Å². The van der Waals surface area contributed by atoms with E-state index >= 15 is 0 Å².